The van der Waals surface area contributed by atoms with Crippen LogP contribution in [0.25, 0.3) is 22.0 Å². The van der Waals surface area contributed by atoms with E-state index in [9.17, 15) is 0 Å². The van der Waals surface area contributed by atoms with Crippen molar-refractivity contribution in [2.45, 2.75) is 58.7 Å². The van der Waals surface area contributed by atoms with E-state index >= 15 is 4.39 Å². The van der Waals surface area contributed by atoms with E-state index in [1.807, 2.05) is 18.2 Å². The van der Waals surface area contributed by atoms with Gasteiger partial charge in [0.15, 0.2) is 11.6 Å². The summed E-state index contributed by atoms with van der Waals surface area (Å²) in [4.78, 5) is 0. The van der Waals surface area contributed by atoms with Gasteiger partial charge in [-0.15, -0.1) is 0 Å². The molecule has 6 rings (SSSR count). The summed E-state index contributed by atoms with van der Waals surface area (Å²) in [5.41, 5.74) is 2.19. The molecule has 0 atom stereocenters. The average molecular weight is 568 g/mol. The molecule has 1 aliphatic heterocycles. The summed E-state index contributed by atoms with van der Waals surface area (Å²) < 4.78 is 39.7. The zero-order valence-electron chi connectivity index (χ0n) is 22.3. The summed E-state index contributed by atoms with van der Waals surface area (Å²) in [6.45, 7) is 9.03. The summed E-state index contributed by atoms with van der Waals surface area (Å²) in [7, 11) is -0.513. The van der Waals surface area contributed by atoms with Crippen LogP contribution in [0.3, 0.4) is 0 Å². The molecule has 0 radical (unpaired) electrons. The van der Waals surface area contributed by atoms with E-state index in [1.54, 1.807) is 30.3 Å². The molecule has 0 bridgehead atoms. The van der Waals surface area contributed by atoms with Gasteiger partial charge in [-0.3, -0.25) is 0 Å². The monoisotopic (exact) mass is 567 g/mol. The first-order valence-electron chi connectivity index (χ1n) is 13.1. The highest BCUT2D eigenvalue weighted by Gasteiger charge is 2.47. The summed E-state index contributed by atoms with van der Waals surface area (Å²) in [5, 5.41) is 6.40. The largest absolute Gasteiger partial charge is 0.494 e. The van der Waals surface area contributed by atoms with Crippen molar-refractivity contribution in [1.29, 1.82) is 0 Å². The van der Waals surface area contributed by atoms with Gasteiger partial charge in [0.2, 0.25) is 0 Å². The van der Waals surface area contributed by atoms with Crippen molar-refractivity contribution in [3.63, 3.8) is 0 Å². The summed E-state index contributed by atoms with van der Waals surface area (Å²) >= 11 is 12.9. The van der Waals surface area contributed by atoms with E-state index in [1.165, 1.54) is 0 Å². The maximum atomic E-state index is 15.7. The minimum Gasteiger partial charge on any atom is -0.486 e. The maximum absolute atomic E-state index is 15.7. The summed E-state index contributed by atoms with van der Waals surface area (Å²) in [6, 6.07) is 14.3. The van der Waals surface area contributed by atoms with Gasteiger partial charge >= 0.3 is 7.12 Å². The van der Waals surface area contributed by atoms with Crippen molar-refractivity contribution >= 4 is 46.6 Å². The molecule has 4 aromatic rings. The van der Waals surface area contributed by atoms with Crippen LogP contribution in [0.4, 0.5) is 4.39 Å². The maximum Gasteiger partial charge on any atom is 0.494 e. The second-order valence-electron chi connectivity index (χ2n) is 11.5. The van der Waals surface area contributed by atoms with E-state index in [0.29, 0.717) is 33.3 Å². The summed E-state index contributed by atoms with van der Waals surface area (Å²) in [5.74, 6) is 0.714. The molecule has 0 N–H and O–H groups in total. The Labute approximate surface area is 237 Å². The molecule has 9 heteroatoms. The number of fused-ring (bicyclic) bond motifs is 1. The zero-order chi connectivity index (χ0) is 27.5. The second-order valence-corrected chi connectivity index (χ2v) is 12.4. The first-order valence-corrected chi connectivity index (χ1v) is 13.9. The number of benzene rings is 3. The van der Waals surface area contributed by atoms with Crippen LogP contribution in [0, 0.1) is 11.2 Å². The Kier molecular flexibility index (Phi) is 6.70. The number of hydrogen-bond acceptors (Lipinski definition) is 5. The Morgan fingerprint density at radius 1 is 1.05 bits per heavy atom. The van der Waals surface area contributed by atoms with Crippen LogP contribution in [0.15, 0.2) is 53.1 Å². The van der Waals surface area contributed by atoms with Gasteiger partial charge < -0.3 is 18.6 Å². The van der Waals surface area contributed by atoms with E-state index in [-0.39, 0.29) is 29.3 Å². The highest BCUT2D eigenvalue weighted by Crippen LogP contribution is 2.46. The van der Waals surface area contributed by atoms with Crippen LogP contribution in [0.1, 0.15) is 57.8 Å². The van der Waals surface area contributed by atoms with Gasteiger partial charge in [-0.2, -0.15) is 0 Å². The van der Waals surface area contributed by atoms with Crippen molar-refractivity contribution in [3.8, 4) is 17.0 Å². The smallest absolute Gasteiger partial charge is 0.486 e. The molecular weight excluding hydrogens is 539 g/mol. The minimum absolute atomic E-state index is 0.0708. The van der Waals surface area contributed by atoms with Crippen LogP contribution in [0.2, 0.25) is 10.0 Å². The molecule has 39 heavy (non-hydrogen) atoms. The SMILES string of the molecule is CC1(C)COB(c2ccc3c(F)c(OCc4c(-c5c(Cl)cccc5Cl)noc4C4CC4)ccc3c2)OC1(C)C. The van der Waals surface area contributed by atoms with E-state index in [2.05, 4.69) is 32.9 Å². The standard InChI is InChI=1S/C30H29BCl2FNO4/c1-29(2)16-37-31(39-30(29,3)4)19-11-12-20-18(14-19)10-13-24(26(20)34)36-15-21-27(35-38-28(21)17-8-9-17)25-22(32)6-5-7-23(25)33/h5-7,10-14,17H,8-9,15-16H2,1-4H3. The molecule has 2 heterocycles. The Hall–Kier alpha value is -2.58. The van der Waals surface area contributed by atoms with Gasteiger partial charge in [-0.25, -0.2) is 4.39 Å². The fraction of sp³-hybridized carbons (Fsp3) is 0.367. The molecule has 202 valence electrons. The molecule has 1 saturated heterocycles. The fourth-order valence-corrected chi connectivity index (χ4v) is 5.41. The minimum atomic E-state index is -0.513. The van der Waals surface area contributed by atoms with Gasteiger partial charge in [-0.1, -0.05) is 72.5 Å². The lowest BCUT2D eigenvalue weighted by Gasteiger charge is -2.47. The number of hydrogen-bond donors (Lipinski definition) is 0. The van der Waals surface area contributed by atoms with Crippen LogP contribution in [0.5, 0.6) is 5.75 Å². The zero-order valence-corrected chi connectivity index (χ0v) is 23.8. The van der Waals surface area contributed by atoms with Crippen LogP contribution < -0.4 is 10.2 Å². The Morgan fingerprint density at radius 3 is 2.49 bits per heavy atom. The highest BCUT2D eigenvalue weighted by atomic mass is 35.5. The van der Waals surface area contributed by atoms with Crippen molar-refractivity contribution in [3.05, 3.63) is 75.7 Å². The third kappa shape index (κ3) is 4.84. The normalized spacial score (nSPS) is 18.5. The van der Waals surface area contributed by atoms with Crippen molar-refractivity contribution in [1.82, 2.24) is 5.16 Å². The fourth-order valence-electron chi connectivity index (χ4n) is 4.83. The third-order valence-corrected chi connectivity index (χ3v) is 8.81. The topological polar surface area (TPSA) is 53.7 Å². The Bertz CT molecular complexity index is 1550. The van der Waals surface area contributed by atoms with Crippen LogP contribution >= 0.6 is 23.2 Å². The lowest BCUT2D eigenvalue weighted by molar-refractivity contribution is -0.0937. The molecule has 1 aromatic heterocycles. The lowest BCUT2D eigenvalue weighted by Crippen LogP contribution is -2.58. The molecule has 3 aromatic carbocycles. The van der Waals surface area contributed by atoms with Crippen LogP contribution in [-0.4, -0.2) is 24.5 Å². The van der Waals surface area contributed by atoms with Gasteiger partial charge in [0.05, 0.1) is 21.2 Å². The second kappa shape index (κ2) is 9.81. The molecule has 2 fully saturated rings. The van der Waals surface area contributed by atoms with Crippen molar-refractivity contribution in [2.24, 2.45) is 5.41 Å². The van der Waals surface area contributed by atoms with E-state index < -0.39 is 12.9 Å². The number of rotatable bonds is 6. The molecule has 0 unspecified atom stereocenters. The molecule has 2 aliphatic rings. The summed E-state index contributed by atoms with van der Waals surface area (Å²) in [6.07, 6.45) is 2.02. The lowest BCUT2D eigenvalue weighted by atomic mass is 9.69. The highest BCUT2D eigenvalue weighted by molar-refractivity contribution is 6.61. The van der Waals surface area contributed by atoms with Gasteiger partial charge in [0, 0.05) is 28.9 Å². The predicted molar refractivity (Wildman–Crippen MR) is 152 cm³/mol. The van der Waals surface area contributed by atoms with E-state index in [0.717, 1.165) is 35.0 Å². The molecule has 5 nitrogen and oxygen atoms in total. The number of ether oxygens (including phenoxy) is 1. The molecule has 1 saturated carbocycles. The molecular formula is C30H29BCl2FNO4. The van der Waals surface area contributed by atoms with E-state index in [4.69, 9.17) is 41.8 Å². The van der Waals surface area contributed by atoms with Crippen molar-refractivity contribution in [2.75, 3.05) is 6.61 Å². The first kappa shape index (κ1) is 26.6. The molecule has 1 aliphatic carbocycles. The quantitative estimate of drug-likeness (QED) is 0.221. The number of nitrogens with zero attached hydrogens (tertiary/aromatic N) is 1. The predicted octanol–water partition coefficient (Wildman–Crippen LogP) is 7.94. The van der Waals surface area contributed by atoms with Gasteiger partial charge in [0.25, 0.3) is 0 Å². The van der Waals surface area contributed by atoms with Crippen molar-refractivity contribution < 1.29 is 23.0 Å². The Morgan fingerprint density at radius 2 is 1.79 bits per heavy atom. The third-order valence-electron chi connectivity index (χ3n) is 8.18. The molecule has 0 spiro atoms. The Balaban J connectivity index is 1.27. The van der Waals surface area contributed by atoms with Gasteiger partial charge in [0.1, 0.15) is 18.1 Å². The number of halogens is 3. The first-order chi connectivity index (χ1) is 18.6. The molecule has 0 amide bonds. The average Bonchev–Trinajstić information content (AvgIpc) is 3.65. The number of aromatic nitrogens is 1. The van der Waals surface area contributed by atoms with Crippen LogP contribution in [-0.2, 0) is 15.9 Å². The van der Waals surface area contributed by atoms with Gasteiger partial charge in [-0.05, 0) is 55.7 Å².